The molecule has 18 heavy (non-hydrogen) atoms. The lowest BCUT2D eigenvalue weighted by molar-refractivity contribution is 0.102. The molecule has 0 unspecified atom stereocenters. The van der Waals surface area contributed by atoms with E-state index in [-0.39, 0.29) is 11.6 Å². The molecule has 0 fully saturated rings. The first-order valence-corrected chi connectivity index (χ1v) is 6.41. The molecule has 0 aliphatic carbocycles. The van der Waals surface area contributed by atoms with Crippen LogP contribution in [0.15, 0.2) is 53.4 Å². The van der Waals surface area contributed by atoms with Crippen LogP contribution >= 0.6 is 11.8 Å². The number of anilines is 1. The molecule has 0 bridgehead atoms. The van der Waals surface area contributed by atoms with Crippen molar-refractivity contribution in [3.05, 3.63) is 59.9 Å². The predicted octanol–water partition coefficient (Wildman–Crippen LogP) is 3.38. The van der Waals surface area contributed by atoms with Crippen molar-refractivity contribution in [3.63, 3.8) is 0 Å². The molecule has 0 radical (unpaired) electrons. The Morgan fingerprint density at radius 1 is 1.11 bits per heavy atom. The second kappa shape index (κ2) is 5.69. The van der Waals surface area contributed by atoms with Gasteiger partial charge in [0.2, 0.25) is 0 Å². The molecule has 0 amide bonds. The Morgan fingerprint density at radius 2 is 1.78 bits per heavy atom. The molecule has 2 rings (SSSR count). The second-order valence-corrected chi connectivity index (χ2v) is 4.77. The van der Waals surface area contributed by atoms with E-state index in [1.54, 1.807) is 6.07 Å². The molecule has 0 saturated carbocycles. The van der Waals surface area contributed by atoms with Crippen molar-refractivity contribution in [2.45, 2.75) is 4.90 Å². The molecule has 2 nitrogen and oxygen atoms in total. The van der Waals surface area contributed by atoms with Gasteiger partial charge >= 0.3 is 0 Å². The fourth-order valence-electron chi connectivity index (χ4n) is 1.47. The van der Waals surface area contributed by atoms with Crippen LogP contribution in [0.25, 0.3) is 0 Å². The topological polar surface area (TPSA) is 43.1 Å². The van der Waals surface area contributed by atoms with Crippen molar-refractivity contribution >= 4 is 23.2 Å². The number of ketones is 1. The summed E-state index contributed by atoms with van der Waals surface area (Å²) in [5.41, 5.74) is 6.96. The Hall–Kier alpha value is -1.81. The first-order valence-electron chi connectivity index (χ1n) is 5.43. The van der Waals surface area contributed by atoms with Crippen LogP contribution in [0.1, 0.15) is 10.4 Å². The number of rotatable bonds is 4. The molecule has 0 aliphatic rings. The van der Waals surface area contributed by atoms with Gasteiger partial charge in [0.05, 0.1) is 5.75 Å². The van der Waals surface area contributed by atoms with Crippen LogP contribution in [0.5, 0.6) is 0 Å². The highest BCUT2D eigenvalue weighted by atomic mass is 32.2. The van der Waals surface area contributed by atoms with E-state index in [2.05, 4.69) is 0 Å². The molecule has 2 aromatic rings. The van der Waals surface area contributed by atoms with E-state index in [0.717, 1.165) is 4.90 Å². The Kier molecular flexibility index (Phi) is 3.99. The third-order valence-electron chi connectivity index (χ3n) is 2.44. The van der Waals surface area contributed by atoms with E-state index in [1.165, 1.54) is 36.0 Å². The molecule has 0 aliphatic heterocycles. The van der Waals surface area contributed by atoms with Crippen molar-refractivity contribution in [1.82, 2.24) is 0 Å². The van der Waals surface area contributed by atoms with E-state index in [1.807, 2.05) is 18.2 Å². The Balaban J connectivity index is 2.01. The van der Waals surface area contributed by atoms with Crippen LogP contribution in [0.4, 0.5) is 10.1 Å². The Morgan fingerprint density at radius 3 is 2.44 bits per heavy atom. The van der Waals surface area contributed by atoms with E-state index in [4.69, 9.17) is 5.73 Å². The maximum absolute atomic E-state index is 12.7. The minimum Gasteiger partial charge on any atom is -0.398 e. The van der Waals surface area contributed by atoms with Crippen LogP contribution in [0.2, 0.25) is 0 Å². The number of para-hydroxylation sites is 1. The van der Waals surface area contributed by atoms with Gasteiger partial charge in [-0.05, 0) is 36.4 Å². The Bertz CT molecular complexity index is 554. The number of carbonyl (C=O) groups is 1. The summed E-state index contributed by atoms with van der Waals surface area (Å²) in [7, 11) is 0. The molecular formula is C14H12FNOS. The fraction of sp³-hybridized carbons (Fsp3) is 0.0714. The van der Waals surface area contributed by atoms with Crippen LogP contribution < -0.4 is 5.73 Å². The van der Waals surface area contributed by atoms with Gasteiger partial charge in [-0.25, -0.2) is 4.39 Å². The molecule has 0 atom stereocenters. The first kappa shape index (κ1) is 12.6. The van der Waals surface area contributed by atoms with Crippen molar-refractivity contribution in [1.29, 1.82) is 0 Å². The van der Waals surface area contributed by atoms with Crippen molar-refractivity contribution in [2.24, 2.45) is 0 Å². The summed E-state index contributed by atoms with van der Waals surface area (Å²) in [6.07, 6.45) is 0. The van der Waals surface area contributed by atoms with Crippen LogP contribution in [0, 0.1) is 5.82 Å². The number of halogens is 1. The highest BCUT2D eigenvalue weighted by molar-refractivity contribution is 8.00. The highest BCUT2D eigenvalue weighted by Crippen LogP contribution is 2.25. The lowest BCUT2D eigenvalue weighted by Gasteiger charge is -2.04. The molecule has 2 N–H and O–H groups in total. The molecule has 0 heterocycles. The average molecular weight is 261 g/mol. The van der Waals surface area contributed by atoms with E-state index in [0.29, 0.717) is 17.0 Å². The van der Waals surface area contributed by atoms with Gasteiger partial charge in [0.1, 0.15) is 5.82 Å². The average Bonchev–Trinajstić information content (AvgIpc) is 2.38. The molecule has 0 spiro atoms. The SMILES string of the molecule is Nc1ccccc1SCC(=O)c1ccc(F)cc1. The van der Waals surface area contributed by atoms with Crippen LogP contribution in [0.3, 0.4) is 0 Å². The standard InChI is InChI=1S/C14H12FNOS/c15-11-7-5-10(6-8-11)13(17)9-18-14-4-2-1-3-12(14)16/h1-8H,9,16H2. The van der Waals surface area contributed by atoms with Gasteiger partial charge in [-0.3, -0.25) is 4.79 Å². The van der Waals surface area contributed by atoms with Gasteiger partial charge < -0.3 is 5.73 Å². The minimum atomic E-state index is -0.341. The monoisotopic (exact) mass is 261 g/mol. The molecule has 2 aromatic carbocycles. The number of hydrogen-bond donors (Lipinski definition) is 1. The summed E-state index contributed by atoms with van der Waals surface area (Å²) >= 11 is 1.39. The molecular weight excluding hydrogens is 249 g/mol. The van der Waals surface area contributed by atoms with Crippen LogP contribution in [-0.2, 0) is 0 Å². The summed E-state index contributed by atoms with van der Waals surface area (Å²) in [5, 5.41) is 0. The van der Waals surface area contributed by atoms with Gasteiger partial charge in [-0.1, -0.05) is 12.1 Å². The van der Waals surface area contributed by atoms with Gasteiger partial charge in [0.15, 0.2) is 5.78 Å². The molecule has 92 valence electrons. The van der Waals surface area contributed by atoms with Crippen LogP contribution in [-0.4, -0.2) is 11.5 Å². The summed E-state index contributed by atoms with van der Waals surface area (Å²) in [6, 6.07) is 13.0. The fourth-order valence-corrected chi connectivity index (χ4v) is 2.34. The number of hydrogen-bond acceptors (Lipinski definition) is 3. The summed E-state index contributed by atoms with van der Waals surface area (Å²) in [6.45, 7) is 0. The van der Waals surface area contributed by atoms with Crippen molar-refractivity contribution in [3.8, 4) is 0 Å². The highest BCUT2D eigenvalue weighted by Gasteiger charge is 2.07. The van der Waals surface area contributed by atoms with Crippen molar-refractivity contribution in [2.75, 3.05) is 11.5 Å². The minimum absolute atomic E-state index is 0.0387. The number of Topliss-reactive ketones (excluding diaryl/α,β-unsaturated/α-hetero) is 1. The van der Waals surface area contributed by atoms with Gasteiger partial charge in [-0.2, -0.15) is 0 Å². The lowest BCUT2D eigenvalue weighted by Crippen LogP contribution is -2.02. The number of benzene rings is 2. The van der Waals surface area contributed by atoms with E-state index in [9.17, 15) is 9.18 Å². The second-order valence-electron chi connectivity index (χ2n) is 3.76. The van der Waals surface area contributed by atoms with Gasteiger partial charge in [0.25, 0.3) is 0 Å². The predicted molar refractivity (Wildman–Crippen MR) is 72.3 cm³/mol. The third kappa shape index (κ3) is 3.11. The Labute approximate surface area is 109 Å². The number of thioether (sulfide) groups is 1. The van der Waals surface area contributed by atoms with Gasteiger partial charge in [0, 0.05) is 16.1 Å². The smallest absolute Gasteiger partial charge is 0.173 e. The maximum Gasteiger partial charge on any atom is 0.173 e. The van der Waals surface area contributed by atoms with Crippen molar-refractivity contribution < 1.29 is 9.18 Å². The van der Waals surface area contributed by atoms with E-state index < -0.39 is 0 Å². The largest absolute Gasteiger partial charge is 0.398 e. The lowest BCUT2D eigenvalue weighted by atomic mass is 10.1. The summed E-state index contributed by atoms with van der Waals surface area (Å²) in [4.78, 5) is 12.7. The first-order chi connectivity index (χ1) is 8.66. The third-order valence-corrected chi connectivity index (χ3v) is 3.53. The molecule has 0 aromatic heterocycles. The normalized spacial score (nSPS) is 10.3. The zero-order valence-electron chi connectivity index (χ0n) is 9.60. The molecule has 4 heteroatoms. The number of nitrogen functional groups attached to an aromatic ring is 1. The summed E-state index contributed by atoms with van der Waals surface area (Å²) < 4.78 is 12.7. The molecule has 0 saturated heterocycles. The zero-order valence-corrected chi connectivity index (χ0v) is 10.4. The zero-order chi connectivity index (χ0) is 13.0. The maximum atomic E-state index is 12.7. The summed E-state index contributed by atoms with van der Waals surface area (Å²) in [5.74, 6) is -0.0883. The van der Waals surface area contributed by atoms with E-state index >= 15 is 0 Å². The number of nitrogens with two attached hydrogens (primary N) is 1. The quantitative estimate of drug-likeness (QED) is 0.521. The number of carbonyl (C=O) groups excluding carboxylic acids is 1. The van der Waals surface area contributed by atoms with Gasteiger partial charge in [-0.15, -0.1) is 11.8 Å².